The molecule has 10 nitrogen and oxygen atoms in total. The van der Waals surface area contributed by atoms with Crippen LogP contribution < -0.4 is 10.6 Å². The molecular weight excluding hydrogens is 537 g/mol. The number of alkyl halides is 1. The lowest BCUT2D eigenvalue weighted by Gasteiger charge is -2.24. The molecule has 0 bridgehead atoms. The molecule has 4 heterocycles. The van der Waals surface area contributed by atoms with Gasteiger partial charge in [-0.05, 0) is 54.8 Å². The molecule has 0 radical (unpaired) electrons. The molecule has 2 aromatic heterocycles. The molecule has 1 saturated heterocycles. The number of halogens is 1. The van der Waals surface area contributed by atoms with Crippen molar-refractivity contribution in [2.45, 2.75) is 52.0 Å². The Hall–Kier alpha value is -4.80. The number of amides is 3. The summed E-state index contributed by atoms with van der Waals surface area (Å²) in [7, 11) is 0. The summed E-state index contributed by atoms with van der Waals surface area (Å²) in [5.41, 5.74) is 5.48. The standard InChI is InChI=1S/C31H32FN7O3/c1-3-19-14-38(27-8-7-22(10-25(19)27)35-24-12-33-18-34-13-24)17-29(40)39-16-21(32)9-28(39)30(41)36-23-6-5-20-15-37(4-2)31(42)26(20)11-23/h5-8,10-14,18,21,28,35H,3-4,9,15-17H2,1-2H3,(H,36,41)/t21-,28+/m1/s1. The third kappa shape index (κ3) is 5.17. The summed E-state index contributed by atoms with van der Waals surface area (Å²) in [6.45, 7) is 4.95. The zero-order chi connectivity index (χ0) is 29.4. The van der Waals surface area contributed by atoms with Gasteiger partial charge in [-0.25, -0.2) is 14.4 Å². The molecule has 0 spiro atoms. The van der Waals surface area contributed by atoms with Gasteiger partial charge in [0.1, 0.15) is 25.1 Å². The molecule has 2 N–H and O–H groups in total. The summed E-state index contributed by atoms with van der Waals surface area (Å²) in [6, 6.07) is 10.2. The highest BCUT2D eigenvalue weighted by atomic mass is 19.1. The predicted molar refractivity (Wildman–Crippen MR) is 157 cm³/mol. The topological polar surface area (TPSA) is 112 Å². The highest BCUT2D eigenvalue weighted by Gasteiger charge is 2.40. The molecule has 4 aromatic rings. The first-order valence-electron chi connectivity index (χ1n) is 14.1. The van der Waals surface area contributed by atoms with Crippen LogP contribution >= 0.6 is 0 Å². The van der Waals surface area contributed by atoms with Crippen LogP contribution in [0.1, 0.15) is 41.8 Å². The van der Waals surface area contributed by atoms with Gasteiger partial charge in [0.2, 0.25) is 11.8 Å². The monoisotopic (exact) mass is 569 g/mol. The van der Waals surface area contributed by atoms with Crippen molar-refractivity contribution >= 4 is 45.7 Å². The smallest absolute Gasteiger partial charge is 0.254 e. The van der Waals surface area contributed by atoms with E-state index in [-0.39, 0.29) is 31.3 Å². The van der Waals surface area contributed by atoms with Gasteiger partial charge in [0.25, 0.3) is 5.91 Å². The first kappa shape index (κ1) is 27.4. The van der Waals surface area contributed by atoms with E-state index in [1.165, 1.54) is 11.2 Å². The van der Waals surface area contributed by atoms with Gasteiger partial charge < -0.3 is 25.0 Å². The summed E-state index contributed by atoms with van der Waals surface area (Å²) < 4.78 is 16.5. The average molecular weight is 570 g/mol. The number of rotatable bonds is 8. The number of likely N-dealkylation sites (tertiary alicyclic amines) is 1. The number of fused-ring (bicyclic) bond motifs is 2. The molecule has 216 valence electrons. The molecule has 3 amide bonds. The molecule has 0 aliphatic carbocycles. The van der Waals surface area contributed by atoms with Crippen molar-refractivity contribution in [1.29, 1.82) is 0 Å². The lowest BCUT2D eigenvalue weighted by Crippen LogP contribution is -2.44. The SMILES string of the molecule is CCc1cn(CC(=O)N2C[C@H](F)C[C@H]2C(=O)Nc2ccc3c(c2)C(=O)N(CC)C3)c2ccc(Nc3cncnc3)cc12. The van der Waals surface area contributed by atoms with Crippen molar-refractivity contribution in [2.75, 3.05) is 23.7 Å². The number of anilines is 3. The van der Waals surface area contributed by atoms with Crippen molar-refractivity contribution < 1.29 is 18.8 Å². The molecule has 2 aliphatic heterocycles. The molecule has 2 atom stereocenters. The lowest BCUT2D eigenvalue weighted by molar-refractivity contribution is -0.137. The molecule has 0 saturated carbocycles. The third-order valence-electron chi connectivity index (χ3n) is 8.01. The van der Waals surface area contributed by atoms with Crippen LogP contribution in [0, 0.1) is 0 Å². The molecule has 42 heavy (non-hydrogen) atoms. The van der Waals surface area contributed by atoms with Crippen LogP contribution in [0.15, 0.2) is 61.3 Å². The van der Waals surface area contributed by atoms with Crippen molar-refractivity contribution in [2.24, 2.45) is 0 Å². The van der Waals surface area contributed by atoms with Crippen LogP contribution in [-0.4, -0.2) is 67.4 Å². The third-order valence-corrected chi connectivity index (χ3v) is 8.01. The Bertz CT molecular complexity index is 1670. The van der Waals surface area contributed by atoms with Crippen molar-refractivity contribution in [3.05, 3.63) is 78.0 Å². The number of benzene rings is 2. The molecule has 0 unspecified atom stereocenters. The average Bonchev–Trinajstić information content (AvgIpc) is 3.66. The second kappa shape index (κ2) is 11.2. The van der Waals surface area contributed by atoms with Gasteiger partial charge in [-0.3, -0.25) is 14.4 Å². The minimum absolute atomic E-state index is 0.0213. The van der Waals surface area contributed by atoms with Gasteiger partial charge in [0, 0.05) is 53.5 Å². The largest absolute Gasteiger partial charge is 0.353 e. The maximum atomic E-state index is 14.6. The summed E-state index contributed by atoms with van der Waals surface area (Å²) in [6.07, 6.45) is 6.17. The van der Waals surface area contributed by atoms with E-state index >= 15 is 0 Å². The van der Waals surface area contributed by atoms with E-state index in [1.54, 1.807) is 29.4 Å². The highest BCUT2D eigenvalue weighted by molar-refractivity contribution is 6.02. The van der Waals surface area contributed by atoms with Gasteiger partial charge in [0.05, 0.1) is 24.6 Å². The van der Waals surface area contributed by atoms with Crippen LogP contribution in [-0.2, 0) is 29.1 Å². The number of hydrogen-bond donors (Lipinski definition) is 2. The van der Waals surface area contributed by atoms with E-state index in [1.807, 2.05) is 48.9 Å². The number of nitrogens with zero attached hydrogens (tertiary/aromatic N) is 5. The summed E-state index contributed by atoms with van der Waals surface area (Å²) in [5, 5.41) is 7.10. The van der Waals surface area contributed by atoms with Crippen molar-refractivity contribution in [1.82, 2.24) is 24.3 Å². The lowest BCUT2D eigenvalue weighted by atomic mass is 10.1. The predicted octanol–water partition coefficient (Wildman–Crippen LogP) is 4.29. The molecule has 2 aliphatic rings. The maximum absolute atomic E-state index is 14.6. The van der Waals surface area contributed by atoms with Crippen LogP contribution in [0.2, 0.25) is 0 Å². The fourth-order valence-corrected chi connectivity index (χ4v) is 5.86. The minimum atomic E-state index is -1.30. The quantitative estimate of drug-likeness (QED) is 0.328. The Morgan fingerprint density at radius 2 is 1.83 bits per heavy atom. The highest BCUT2D eigenvalue weighted by Crippen LogP contribution is 2.29. The van der Waals surface area contributed by atoms with Crippen LogP contribution in [0.3, 0.4) is 0 Å². The Labute approximate surface area is 242 Å². The normalized spacial score (nSPS) is 18.0. The number of aryl methyl sites for hydroxylation is 1. The van der Waals surface area contributed by atoms with Gasteiger partial charge in [0.15, 0.2) is 0 Å². The number of carbonyl (C=O) groups excluding carboxylic acids is 3. The maximum Gasteiger partial charge on any atom is 0.254 e. The number of nitrogens with one attached hydrogen (secondary N) is 2. The fraction of sp³-hybridized carbons (Fsp3) is 0.323. The summed E-state index contributed by atoms with van der Waals surface area (Å²) >= 11 is 0. The Morgan fingerprint density at radius 1 is 1.05 bits per heavy atom. The Morgan fingerprint density at radius 3 is 2.60 bits per heavy atom. The zero-order valence-corrected chi connectivity index (χ0v) is 23.5. The first-order chi connectivity index (χ1) is 20.3. The molecule has 1 fully saturated rings. The van der Waals surface area contributed by atoms with Gasteiger partial charge in [-0.2, -0.15) is 0 Å². The Kier molecular flexibility index (Phi) is 7.32. The second-order valence-electron chi connectivity index (χ2n) is 10.7. The molecular formula is C31H32FN7O3. The van der Waals surface area contributed by atoms with Gasteiger partial charge >= 0.3 is 0 Å². The van der Waals surface area contributed by atoms with E-state index in [9.17, 15) is 18.8 Å². The fourth-order valence-electron chi connectivity index (χ4n) is 5.86. The summed E-state index contributed by atoms with van der Waals surface area (Å²) in [5.74, 6) is -0.873. The second-order valence-corrected chi connectivity index (χ2v) is 10.7. The zero-order valence-electron chi connectivity index (χ0n) is 23.5. The number of hydrogen-bond acceptors (Lipinski definition) is 6. The van der Waals surface area contributed by atoms with E-state index in [0.29, 0.717) is 24.3 Å². The molecule has 11 heteroatoms. The number of carbonyl (C=O) groups is 3. The van der Waals surface area contributed by atoms with E-state index in [2.05, 4.69) is 20.6 Å². The van der Waals surface area contributed by atoms with Gasteiger partial charge in [-0.15, -0.1) is 0 Å². The molecule has 6 rings (SSSR count). The number of aromatic nitrogens is 3. The van der Waals surface area contributed by atoms with E-state index in [4.69, 9.17) is 0 Å². The van der Waals surface area contributed by atoms with E-state index in [0.717, 1.165) is 39.8 Å². The minimum Gasteiger partial charge on any atom is -0.353 e. The first-order valence-corrected chi connectivity index (χ1v) is 14.1. The molecule has 2 aromatic carbocycles. The van der Waals surface area contributed by atoms with Crippen molar-refractivity contribution in [3.63, 3.8) is 0 Å². The Balaban J connectivity index is 1.18. The van der Waals surface area contributed by atoms with E-state index < -0.39 is 18.1 Å². The van der Waals surface area contributed by atoms with Crippen molar-refractivity contribution in [3.8, 4) is 0 Å². The summed E-state index contributed by atoms with van der Waals surface area (Å²) in [4.78, 5) is 50.5. The van der Waals surface area contributed by atoms with Gasteiger partial charge in [-0.1, -0.05) is 13.0 Å². The van der Waals surface area contributed by atoms with Crippen LogP contribution in [0.5, 0.6) is 0 Å². The van der Waals surface area contributed by atoms with Crippen LogP contribution in [0.25, 0.3) is 10.9 Å². The van der Waals surface area contributed by atoms with Crippen LogP contribution in [0.4, 0.5) is 21.5 Å².